The van der Waals surface area contributed by atoms with E-state index in [1.54, 1.807) is 19.1 Å². The molecule has 2 rings (SSSR count). The normalized spacial score (nSPS) is 10.2. The highest BCUT2D eigenvalue weighted by atomic mass is 79.9. The van der Waals surface area contributed by atoms with Gasteiger partial charge in [0, 0.05) is 10.5 Å². The lowest BCUT2D eigenvalue weighted by atomic mass is 10.3. The first-order chi connectivity index (χ1) is 8.95. The van der Waals surface area contributed by atoms with E-state index in [0.29, 0.717) is 10.3 Å². The second kappa shape index (κ2) is 5.14. The Morgan fingerprint density at radius 3 is 2.74 bits per heavy atom. The van der Waals surface area contributed by atoms with E-state index in [1.807, 2.05) is 0 Å². The van der Waals surface area contributed by atoms with Gasteiger partial charge in [0.25, 0.3) is 5.69 Å². The molecule has 0 radical (unpaired) electrons. The standard InChI is InChI=1S/C10H9BrN6O2/c1-5-13-9(12)16-10(14-5)15-7-4-6(11)2-3-8(7)17(18)19/h2-4H,1H3,(H3,12,13,14,15,16). The fourth-order valence-corrected chi connectivity index (χ4v) is 1.81. The summed E-state index contributed by atoms with van der Waals surface area (Å²) in [5.41, 5.74) is 5.68. The summed E-state index contributed by atoms with van der Waals surface area (Å²) in [5.74, 6) is 0.631. The minimum atomic E-state index is -0.494. The Morgan fingerprint density at radius 2 is 2.11 bits per heavy atom. The number of nitrogen functional groups attached to an aromatic ring is 1. The second-order valence-corrected chi connectivity index (χ2v) is 4.52. The molecule has 0 saturated heterocycles. The third kappa shape index (κ3) is 3.13. The molecule has 19 heavy (non-hydrogen) atoms. The summed E-state index contributed by atoms with van der Waals surface area (Å²) in [6.45, 7) is 1.65. The van der Waals surface area contributed by atoms with E-state index in [4.69, 9.17) is 5.73 Å². The van der Waals surface area contributed by atoms with E-state index in [1.165, 1.54) is 6.07 Å². The average molecular weight is 325 g/mol. The van der Waals surface area contributed by atoms with Crippen molar-refractivity contribution in [1.82, 2.24) is 15.0 Å². The van der Waals surface area contributed by atoms with Crippen LogP contribution in [0.2, 0.25) is 0 Å². The van der Waals surface area contributed by atoms with Crippen molar-refractivity contribution in [3.8, 4) is 0 Å². The minimum Gasteiger partial charge on any atom is -0.368 e. The molecule has 0 spiro atoms. The number of anilines is 3. The summed E-state index contributed by atoms with van der Waals surface area (Å²) in [4.78, 5) is 22.1. The molecule has 0 saturated carbocycles. The summed E-state index contributed by atoms with van der Waals surface area (Å²) >= 11 is 3.25. The predicted molar refractivity (Wildman–Crippen MR) is 73.1 cm³/mol. The quantitative estimate of drug-likeness (QED) is 0.655. The number of nitrogens with one attached hydrogen (secondary N) is 1. The van der Waals surface area contributed by atoms with Gasteiger partial charge in [-0.25, -0.2) is 0 Å². The Kier molecular flexibility index (Phi) is 3.56. The summed E-state index contributed by atoms with van der Waals surface area (Å²) < 4.78 is 0.694. The minimum absolute atomic E-state index is 0.0487. The molecule has 1 heterocycles. The summed E-state index contributed by atoms with van der Waals surface area (Å²) in [6, 6.07) is 4.52. The number of halogens is 1. The summed E-state index contributed by atoms with van der Waals surface area (Å²) in [5, 5.41) is 13.7. The zero-order valence-corrected chi connectivity index (χ0v) is 11.4. The van der Waals surface area contributed by atoms with Gasteiger partial charge < -0.3 is 11.1 Å². The Balaban J connectivity index is 2.42. The van der Waals surface area contributed by atoms with Crippen LogP contribution < -0.4 is 11.1 Å². The molecule has 0 atom stereocenters. The number of hydrogen-bond donors (Lipinski definition) is 2. The molecule has 9 heteroatoms. The SMILES string of the molecule is Cc1nc(N)nc(Nc2cc(Br)ccc2[N+](=O)[O-])n1. The Labute approximate surface area is 116 Å². The number of rotatable bonds is 3. The average Bonchev–Trinajstić information content (AvgIpc) is 2.26. The number of nitrogens with two attached hydrogens (primary N) is 1. The van der Waals surface area contributed by atoms with E-state index in [2.05, 4.69) is 36.2 Å². The lowest BCUT2D eigenvalue weighted by molar-refractivity contribution is -0.383. The fourth-order valence-electron chi connectivity index (χ4n) is 1.45. The highest BCUT2D eigenvalue weighted by Crippen LogP contribution is 2.29. The van der Waals surface area contributed by atoms with Gasteiger partial charge in [-0.15, -0.1) is 0 Å². The van der Waals surface area contributed by atoms with Gasteiger partial charge in [0.15, 0.2) is 0 Å². The molecule has 0 aliphatic carbocycles. The van der Waals surface area contributed by atoms with Crippen molar-refractivity contribution in [2.45, 2.75) is 6.92 Å². The van der Waals surface area contributed by atoms with Crippen LogP contribution in [-0.4, -0.2) is 19.9 Å². The molecule has 2 aromatic rings. The van der Waals surface area contributed by atoms with Crippen LogP contribution in [0.1, 0.15) is 5.82 Å². The van der Waals surface area contributed by atoms with Crippen molar-refractivity contribution >= 4 is 39.2 Å². The molecular formula is C10H9BrN6O2. The summed E-state index contributed by atoms with van der Waals surface area (Å²) in [7, 11) is 0. The second-order valence-electron chi connectivity index (χ2n) is 3.61. The van der Waals surface area contributed by atoms with Gasteiger partial charge in [0.2, 0.25) is 11.9 Å². The van der Waals surface area contributed by atoms with E-state index >= 15 is 0 Å². The molecule has 0 unspecified atom stereocenters. The molecule has 1 aromatic carbocycles. The lowest BCUT2D eigenvalue weighted by Gasteiger charge is -2.06. The maximum atomic E-state index is 10.9. The molecular weight excluding hydrogens is 316 g/mol. The van der Waals surface area contributed by atoms with Gasteiger partial charge in [-0.3, -0.25) is 10.1 Å². The zero-order chi connectivity index (χ0) is 14.0. The van der Waals surface area contributed by atoms with E-state index < -0.39 is 4.92 Å². The van der Waals surface area contributed by atoms with Crippen LogP contribution in [0.15, 0.2) is 22.7 Å². The van der Waals surface area contributed by atoms with Gasteiger partial charge in [-0.05, 0) is 19.1 Å². The van der Waals surface area contributed by atoms with Crippen molar-refractivity contribution in [3.63, 3.8) is 0 Å². The van der Waals surface area contributed by atoms with Crippen molar-refractivity contribution in [1.29, 1.82) is 0 Å². The van der Waals surface area contributed by atoms with Gasteiger partial charge in [-0.2, -0.15) is 15.0 Å². The van der Waals surface area contributed by atoms with Gasteiger partial charge in [-0.1, -0.05) is 15.9 Å². The van der Waals surface area contributed by atoms with Crippen LogP contribution in [0.25, 0.3) is 0 Å². The number of hydrogen-bond acceptors (Lipinski definition) is 7. The third-order valence-electron chi connectivity index (χ3n) is 2.17. The monoisotopic (exact) mass is 324 g/mol. The number of aromatic nitrogens is 3. The van der Waals surface area contributed by atoms with Gasteiger partial charge in [0.1, 0.15) is 11.5 Å². The Hall–Kier alpha value is -2.29. The molecule has 3 N–H and O–H groups in total. The molecule has 0 fully saturated rings. The molecule has 0 amide bonds. The first-order valence-corrected chi connectivity index (χ1v) is 5.94. The maximum Gasteiger partial charge on any atom is 0.292 e. The maximum absolute atomic E-state index is 10.9. The van der Waals surface area contributed by atoms with Crippen LogP contribution in [-0.2, 0) is 0 Å². The smallest absolute Gasteiger partial charge is 0.292 e. The molecule has 1 aromatic heterocycles. The lowest BCUT2D eigenvalue weighted by Crippen LogP contribution is -2.06. The molecule has 0 aliphatic heterocycles. The Bertz CT molecular complexity index is 628. The molecule has 0 aliphatic rings. The topological polar surface area (TPSA) is 120 Å². The highest BCUT2D eigenvalue weighted by Gasteiger charge is 2.15. The molecule has 8 nitrogen and oxygen atoms in total. The van der Waals surface area contributed by atoms with Crippen molar-refractivity contribution in [2.24, 2.45) is 0 Å². The first-order valence-electron chi connectivity index (χ1n) is 5.15. The summed E-state index contributed by atoms with van der Waals surface area (Å²) in [6.07, 6.45) is 0. The molecule has 98 valence electrons. The van der Waals surface area contributed by atoms with Gasteiger partial charge >= 0.3 is 0 Å². The van der Waals surface area contributed by atoms with E-state index in [9.17, 15) is 10.1 Å². The number of nitrogens with zero attached hydrogens (tertiary/aromatic N) is 4. The van der Waals surface area contributed by atoms with Gasteiger partial charge in [0.05, 0.1) is 4.92 Å². The van der Waals surface area contributed by atoms with Crippen molar-refractivity contribution < 1.29 is 4.92 Å². The predicted octanol–water partition coefficient (Wildman–Crippen LogP) is 2.18. The highest BCUT2D eigenvalue weighted by molar-refractivity contribution is 9.10. The van der Waals surface area contributed by atoms with Crippen molar-refractivity contribution in [3.05, 3.63) is 38.6 Å². The van der Waals surface area contributed by atoms with Crippen molar-refractivity contribution in [2.75, 3.05) is 11.1 Å². The molecule has 0 bridgehead atoms. The van der Waals surface area contributed by atoms with Crippen LogP contribution in [0, 0.1) is 17.0 Å². The van der Waals surface area contributed by atoms with E-state index in [-0.39, 0.29) is 23.3 Å². The zero-order valence-electron chi connectivity index (χ0n) is 9.79. The number of nitro groups is 1. The number of aryl methyl sites for hydroxylation is 1. The Morgan fingerprint density at radius 1 is 1.37 bits per heavy atom. The number of nitro benzene ring substituents is 1. The van der Waals surface area contributed by atoms with Crippen LogP contribution in [0.3, 0.4) is 0 Å². The largest absolute Gasteiger partial charge is 0.368 e. The van der Waals surface area contributed by atoms with Crippen LogP contribution in [0.4, 0.5) is 23.3 Å². The first kappa shape index (κ1) is 13.1. The van der Waals surface area contributed by atoms with Crippen LogP contribution in [0.5, 0.6) is 0 Å². The third-order valence-corrected chi connectivity index (χ3v) is 2.66. The fraction of sp³-hybridized carbons (Fsp3) is 0.100. The van der Waals surface area contributed by atoms with E-state index in [0.717, 1.165) is 0 Å². The van der Waals surface area contributed by atoms with Crippen LogP contribution >= 0.6 is 15.9 Å². The number of benzene rings is 1.